The van der Waals surface area contributed by atoms with E-state index in [1.165, 1.54) is 11.3 Å². The molecule has 3 rings (SSSR count). The molecule has 0 saturated heterocycles. The topological polar surface area (TPSA) is 89.6 Å². The number of aromatic nitrogens is 1. The van der Waals surface area contributed by atoms with E-state index in [0.717, 1.165) is 28.0 Å². The van der Waals surface area contributed by atoms with Gasteiger partial charge in [0.15, 0.2) is 5.13 Å². The number of nitrogens with two attached hydrogens (primary N) is 1. The number of carbonyl (C=O) groups is 1. The predicted molar refractivity (Wildman–Crippen MR) is 101 cm³/mol. The van der Waals surface area contributed by atoms with E-state index < -0.39 is 0 Å². The zero-order valence-corrected chi connectivity index (χ0v) is 14.5. The van der Waals surface area contributed by atoms with Crippen LogP contribution >= 0.6 is 11.3 Å². The van der Waals surface area contributed by atoms with E-state index in [1.54, 1.807) is 24.4 Å². The van der Waals surface area contributed by atoms with Gasteiger partial charge >= 0.3 is 0 Å². The summed E-state index contributed by atoms with van der Waals surface area (Å²) in [6, 6.07) is 12.7. The van der Waals surface area contributed by atoms with Crippen LogP contribution in [0.15, 0.2) is 47.6 Å². The molecule has 0 saturated carbocycles. The SMILES string of the molecule is CCCOc1ccc(/C=N\NC(=O)c2ccc3nc(N)sc3c2)cc1. The Kier molecular flexibility index (Phi) is 5.25. The van der Waals surface area contributed by atoms with Crippen LogP contribution in [-0.2, 0) is 0 Å². The molecule has 0 spiro atoms. The molecule has 3 aromatic rings. The van der Waals surface area contributed by atoms with Crippen LogP contribution in [0.3, 0.4) is 0 Å². The van der Waals surface area contributed by atoms with Gasteiger partial charge in [0.2, 0.25) is 0 Å². The monoisotopic (exact) mass is 354 g/mol. The zero-order valence-electron chi connectivity index (χ0n) is 13.7. The second-order valence-corrected chi connectivity index (χ2v) is 6.41. The number of nitrogens with zero attached hydrogens (tertiary/aromatic N) is 2. The summed E-state index contributed by atoms with van der Waals surface area (Å²) in [5.41, 5.74) is 10.4. The summed E-state index contributed by atoms with van der Waals surface area (Å²) in [4.78, 5) is 16.3. The Morgan fingerprint density at radius 2 is 2.12 bits per heavy atom. The van der Waals surface area contributed by atoms with Crippen LogP contribution in [0.1, 0.15) is 29.3 Å². The molecular formula is C18H18N4O2S. The number of rotatable bonds is 6. The van der Waals surface area contributed by atoms with Crippen LogP contribution in [0.2, 0.25) is 0 Å². The van der Waals surface area contributed by atoms with E-state index in [4.69, 9.17) is 10.5 Å². The zero-order chi connectivity index (χ0) is 17.6. The van der Waals surface area contributed by atoms with Crippen molar-refractivity contribution in [3.05, 3.63) is 53.6 Å². The fourth-order valence-electron chi connectivity index (χ4n) is 2.18. The number of hydrazone groups is 1. The van der Waals surface area contributed by atoms with Gasteiger partial charge in [0.25, 0.3) is 5.91 Å². The van der Waals surface area contributed by atoms with Crippen molar-refractivity contribution in [3.8, 4) is 5.75 Å². The van der Waals surface area contributed by atoms with E-state index in [9.17, 15) is 4.79 Å². The second kappa shape index (κ2) is 7.76. The molecule has 0 bridgehead atoms. The Morgan fingerprint density at radius 3 is 2.88 bits per heavy atom. The molecule has 128 valence electrons. The highest BCUT2D eigenvalue weighted by molar-refractivity contribution is 7.22. The van der Waals surface area contributed by atoms with Crippen LogP contribution in [-0.4, -0.2) is 23.7 Å². The predicted octanol–water partition coefficient (Wildman–Crippen LogP) is 3.43. The average molecular weight is 354 g/mol. The fourth-order valence-corrected chi connectivity index (χ4v) is 2.96. The van der Waals surface area contributed by atoms with E-state index >= 15 is 0 Å². The van der Waals surface area contributed by atoms with Crippen molar-refractivity contribution in [2.24, 2.45) is 5.10 Å². The molecule has 0 aliphatic carbocycles. The van der Waals surface area contributed by atoms with Gasteiger partial charge in [-0.05, 0) is 54.4 Å². The number of fused-ring (bicyclic) bond motifs is 1. The third kappa shape index (κ3) is 4.33. The van der Waals surface area contributed by atoms with E-state index in [1.807, 2.05) is 24.3 Å². The van der Waals surface area contributed by atoms with E-state index in [0.29, 0.717) is 17.3 Å². The first-order valence-corrected chi connectivity index (χ1v) is 8.69. The Balaban J connectivity index is 1.61. The minimum atomic E-state index is -0.284. The lowest BCUT2D eigenvalue weighted by molar-refractivity contribution is 0.0955. The van der Waals surface area contributed by atoms with Gasteiger partial charge in [0.05, 0.1) is 23.0 Å². The van der Waals surface area contributed by atoms with Crippen LogP contribution in [0.4, 0.5) is 5.13 Å². The molecule has 3 N–H and O–H groups in total. The number of ether oxygens (including phenoxy) is 1. The van der Waals surface area contributed by atoms with Gasteiger partial charge in [-0.1, -0.05) is 18.3 Å². The number of nitrogens with one attached hydrogen (secondary N) is 1. The van der Waals surface area contributed by atoms with Crippen molar-refractivity contribution in [1.29, 1.82) is 0 Å². The standard InChI is InChI=1S/C18H18N4O2S/c1-2-9-24-14-6-3-12(4-7-14)11-20-22-17(23)13-5-8-15-16(10-13)25-18(19)21-15/h3-8,10-11H,2,9H2,1H3,(H2,19,21)(H,22,23)/b20-11-. The first kappa shape index (κ1) is 16.9. The Hall–Kier alpha value is -2.93. The highest BCUT2D eigenvalue weighted by Crippen LogP contribution is 2.24. The lowest BCUT2D eigenvalue weighted by atomic mass is 10.2. The van der Waals surface area contributed by atoms with Gasteiger partial charge in [-0.15, -0.1) is 0 Å². The van der Waals surface area contributed by atoms with Crippen LogP contribution in [0, 0.1) is 0 Å². The number of amides is 1. The molecule has 1 amide bonds. The van der Waals surface area contributed by atoms with Crippen molar-refractivity contribution in [2.45, 2.75) is 13.3 Å². The van der Waals surface area contributed by atoms with Crippen molar-refractivity contribution in [1.82, 2.24) is 10.4 Å². The molecule has 2 aromatic carbocycles. The Bertz CT molecular complexity index is 903. The smallest absolute Gasteiger partial charge is 0.271 e. The van der Waals surface area contributed by atoms with Crippen LogP contribution in [0.5, 0.6) is 5.75 Å². The quantitative estimate of drug-likeness (QED) is 0.524. The summed E-state index contributed by atoms with van der Waals surface area (Å²) in [6.45, 7) is 2.75. The van der Waals surface area contributed by atoms with Gasteiger partial charge < -0.3 is 10.5 Å². The highest BCUT2D eigenvalue weighted by atomic mass is 32.1. The third-order valence-corrected chi connectivity index (χ3v) is 4.25. The molecule has 25 heavy (non-hydrogen) atoms. The lowest BCUT2D eigenvalue weighted by Gasteiger charge is -2.04. The molecule has 0 atom stereocenters. The molecule has 1 aromatic heterocycles. The number of anilines is 1. The molecule has 0 aliphatic rings. The first-order valence-electron chi connectivity index (χ1n) is 7.88. The molecule has 0 unspecified atom stereocenters. The third-order valence-electron chi connectivity index (χ3n) is 3.40. The molecule has 0 radical (unpaired) electrons. The summed E-state index contributed by atoms with van der Waals surface area (Å²) in [5, 5.41) is 4.48. The highest BCUT2D eigenvalue weighted by Gasteiger charge is 2.07. The summed E-state index contributed by atoms with van der Waals surface area (Å²) < 4.78 is 6.39. The number of nitrogen functional groups attached to an aromatic ring is 1. The van der Waals surface area contributed by atoms with Crippen molar-refractivity contribution < 1.29 is 9.53 Å². The van der Waals surface area contributed by atoms with Crippen molar-refractivity contribution >= 4 is 38.8 Å². The van der Waals surface area contributed by atoms with Crippen molar-refractivity contribution in [3.63, 3.8) is 0 Å². The normalized spacial score (nSPS) is 11.1. The number of thiazole rings is 1. The average Bonchev–Trinajstić information content (AvgIpc) is 3.00. The first-order chi connectivity index (χ1) is 12.2. The lowest BCUT2D eigenvalue weighted by Crippen LogP contribution is -2.17. The number of hydrogen-bond acceptors (Lipinski definition) is 6. The summed E-state index contributed by atoms with van der Waals surface area (Å²) >= 11 is 1.35. The van der Waals surface area contributed by atoms with E-state index in [-0.39, 0.29) is 5.91 Å². The second-order valence-electron chi connectivity index (χ2n) is 5.35. The maximum absolute atomic E-state index is 12.2. The number of carbonyl (C=O) groups excluding carboxylic acids is 1. The minimum absolute atomic E-state index is 0.284. The van der Waals surface area contributed by atoms with Gasteiger partial charge in [-0.2, -0.15) is 5.10 Å². The van der Waals surface area contributed by atoms with Crippen molar-refractivity contribution in [2.75, 3.05) is 12.3 Å². The number of benzene rings is 2. The molecule has 6 nitrogen and oxygen atoms in total. The van der Waals surface area contributed by atoms with Crippen LogP contribution < -0.4 is 15.9 Å². The van der Waals surface area contributed by atoms with Gasteiger partial charge in [-0.3, -0.25) is 4.79 Å². The Morgan fingerprint density at radius 1 is 1.32 bits per heavy atom. The summed E-state index contributed by atoms with van der Waals surface area (Å²) in [6.07, 6.45) is 2.56. The van der Waals surface area contributed by atoms with Gasteiger partial charge in [-0.25, -0.2) is 10.4 Å². The van der Waals surface area contributed by atoms with E-state index in [2.05, 4.69) is 22.4 Å². The maximum Gasteiger partial charge on any atom is 0.271 e. The fraction of sp³-hybridized carbons (Fsp3) is 0.167. The molecular weight excluding hydrogens is 336 g/mol. The minimum Gasteiger partial charge on any atom is -0.494 e. The van der Waals surface area contributed by atoms with Gasteiger partial charge in [0, 0.05) is 5.56 Å². The largest absolute Gasteiger partial charge is 0.494 e. The molecule has 0 aliphatic heterocycles. The molecule has 7 heteroatoms. The van der Waals surface area contributed by atoms with Gasteiger partial charge in [0.1, 0.15) is 5.75 Å². The number of hydrogen-bond donors (Lipinski definition) is 2. The Labute approximate surface area is 149 Å². The summed E-state index contributed by atoms with van der Waals surface area (Å²) in [5.74, 6) is 0.535. The molecule has 1 heterocycles. The van der Waals surface area contributed by atoms with Crippen LogP contribution in [0.25, 0.3) is 10.2 Å². The maximum atomic E-state index is 12.2. The summed E-state index contributed by atoms with van der Waals surface area (Å²) in [7, 11) is 0. The molecule has 0 fully saturated rings.